The maximum atomic E-state index is 12.1. The Balaban J connectivity index is 2.50. The molecule has 0 spiro atoms. The molecule has 0 radical (unpaired) electrons. The number of rotatable bonds is 4. The summed E-state index contributed by atoms with van der Waals surface area (Å²) in [6, 6.07) is -0.530. The highest BCUT2D eigenvalue weighted by Crippen LogP contribution is 2.20. The first-order valence-electron chi connectivity index (χ1n) is 7.09. The fourth-order valence-electron chi connectivity index (χ4n) is 2.09. The van der Waals surface area contributed by atoms with E-state index in [9.17, 15) is 14.4 Å². The maximum absolute atomic E-state index is 12.1. The summed E-state index contributed by atoms with van der Waals surface area (Å²) in [4.78, 5) is 36.6. The van der Waals surface area contributed by atoms with Crippen molar-refractivity contribution >= 4 is 18.0 Å². The molecule has 1 saturated heterocycles. The minimum Gasteiger partial charge on any atom is -0.469 e. The molecule has 1 fully saturated rings. The van der Waals surface area contributed by atoms with Crippen LogP contribution in [0.15, 0.2) is 0 Å². The lowest BCUT2D eigenvalue weighted by molar-refractivity contribution is -0.140. The van der Waals surface area contributed by atoms with Gasteiger partial charge < -0.3 is 14.8 Å². The van der Waals surface area contributed by atoms with E-state index in [1.807, 2.05) is 0 Å². The second kappa shape index (κ2) is 7.28. The molecule has 1 N–H and O–H groups in total. The number of likely N-dealkylation sites (tertiary alicyclic amines) is 1. The molecule has 1 atom stereocenters. The van der Waals surface area contributed by atoms with E-state index < -0.39 is 17.7 Å². The van der Waals surface area contributed by atoms with Crippen LogP contribution >= 0.6 is 0 Å². The third-order valence-corrected chi connectivity index (χ3v) is 3.04. The van der Waals surface area contributed by atoms with Gasteiger partial charge in [0, 0.05) is 13.1 Å². The molecule has 7 heteroatoms. The van der Waals surface area contributed by atoms with Crippen molar-refractivity contribution in [2.75, 3.05) is 20.2 Å². The van der Waals surface area contributed by atoms with Gasteiger partial charge in [-0.05, 0) is 33.6 Å². The highest BCUT2D eigenvalue weighted by atomic mass is 16.6. The fourth-order valence-corrected chi connectivity index (χ4v) is 2.09. The van der Waals surface area contributed by atoms with E-state index in [0.717, 1.165) is 6.42 Å². The number of hydrogen-bond acceptors (Lipinski definition) is 5. The van der Waals surface area contributed by atoms with Crippen LogP contribution in [0.3, 0.4) is 0 Å². The molecule has 0 aromatic heterocycles. The summed E-state index contributed by atoms with van der Waals surface area (Å²) in [6.07, 6.45) is 0.993. The van der Waals surface area contributed by atoms with Crippen molar-refractivity contribution in [2.45, 2.75) is 51.7 Å². The number of nitrogens with one attached hydrogen (secondary N) is 1. The van der Waals surface area contributed by atoms with Gasteiger partial charge in [-0.1, -0.05) is 0 Å². The van der Waals surface area contributed by atoms with Crippen LogP contribution in [0.25, 0.3) is 0 Å². The second-order valence-electron chi connectivity index (χ2n) is 5.95. The number of methoxy groups -OCH3 is 1. The van der Waals surface area contributed by atoms with Crippen molar-refractivity contribution in [1.82, 2.24) is 10.2 Å². The zero-order valence-corrected chi connectivity index (χ0v) is 13.1. The van der Waals surface area contributed by atoms with Gasteiger partial charge in [-0.3, -0.25) is 14.5 Å². The summed E-state index contributed by atoms with van der Waals surface area (Å²) < 4.78 is 9.79. The Labute approximate surface area is 124 Å². The van der Waals surface area contributed by atoms with Crippen LogP contribution in [0.1, 0.15) is 40.0 Å². The van der Waals surface area contributed by atoms with E-state index in [4.69, 9.17) is 4.74 Å². The quantitative estimate of drug-likeness (QED) is 0.785. The van der Waals surface area contributed by atoms with Gasteiger partial charge in [-0.2, -0.15) is 0 Å². The van der Waals surface area contributed by atoms with Crippen molar-refractivity contribution < 1.29 is 23.9 Å². The second-order valence-corrected chi connectivity index (χ2v) is 5.95. The third-order valence-electron chi connectivity index (χ3n) is 3.04. The summed E-state index contributed by atoms with van der Waals surface area (Å²) in [5, 5.41) is 2.65. The SMILES string of the molecule is COC(=O)CCNC(=O)[C@@H]1CCCN1C(=O)OC(C)(C)C. The van der Waals surface area contributed by atoms with Gasteiger partial charge in [0.15, 0.2) is 0 Å². The van der Waals surface area contributed by atoms with Crippen LogP contribution < -0.4 is 5.32 Å². The number of ether oxygens (including phenoxy) is 2. The highest BCUT2D eigenvalue weighted by molar-refractivity contribution is 5.86. The Bertz CT molecular complexity index is 403. The van der Waals surface area contributed by atoms with Gasteiger partial charge in [0.05, 0.1) is 13.5 Å². The first-order valence-corrected chi connectivity index (χ1v) is 7.09. The van der Waals surface area contributed by atoms with E-state index in [0.29, 0.717) is 13.0 Å². The number of carbonyl (C=O) groups excluding carboxylic acids is 3. The standard InChI is InChI=1S/C14H24N2O5/c1-14(2,3)21-13(19)16-9-5-6-10(16)12(18)15-8-7-11(17)20-4/h10H,5-9H2,1-4H3,(H,15,18)/t10-/m0/s1. The maximum Gasteiger partial charge on any atom is 0.410 e. The van der Waals surface area contributed by atoms with Gasteiger partial charge in [0.1, 0.15) is 11.6 Å². The third kappa shape index (κ3) is 5.61. The van der Waals surface area contributed by atoms with E-state index in [2.05, 4.69) is 10.1 Å². The summed E-state index contributed by atoms with van der Waals surface area (Å²) in [5.41, 5.74) is -0.592. The van der Waals surface area contributed by atoms with Gasteiger partial charge in [0.2, 0.25) is 5.91 Å². The van der Waals surface area contributed by atoms with E-state index in [1.165, 1.54) is 12.0 Å². The minimum atomic E-state index is -0.592. The van der Waals surface area contributed by atoms with Crippen molar-refractivity contribution in [1.29, 1.82) is 0 Å². The van der Waals surface area contributed by atoms with Gasteiger partial charge >= 0.3 is 12.1 Å². The summed E-state index contributed by atoms with van der Waals surface area (Å²) in [6.45, 7) is 6.05. The average Bonchev–Trinajstić information content (AvgIpc) is 2.85. The molecule has 2 amide bonds. The predicted octanol–water partition coefficient (Wildman–Crippen LogP) is 1.07. The Kier molecular flexibility index (Phi) is 5.99. The van der Waals surface area contributed by atoms with E-state index in [-0.39, 0.29) is 24.8 Å². The smallest absolute Gasteiger partial charge is 0.410 e. The molecule has 0 saturated carbocycles. The average molecular weight is 300 g/mol. The zero-order chi connectivity index (χ0) is 16.0. The van der Waals surface area contributed by atoms with E-state index in [1.54, 1.807) is 20.8 Å². The van der Waals surface area contributed by atoms with Crippen LogP contribution in [0.5, 0.6) is 0 Å². The number of esters is 1. The summed E-state index contributed by atoms with van der Waals surface area (Å²) in [7, 11) is 1.30. The lowest BCUT2D eigenvalue weighted by atomic mass is 10.2. The molecule has 0 aromatic carbocycles. The van der Waals surface area contributed by atoms with Gasteiger partial charge in [-0.25, -0.2) is 4.79 Å². The van der Waals surface area contributed by atoms with Crippen LogP contribution in [0.4, 0.5) is 4.79 Å². The molecule has 1 aliphatic heterocycles. The lowest BCUT2D eigenvalue weighted by Gasteiger charge is -2.28. The molecule has 1 aliphatic rings. The Morgan fingerprint density at radius 1 is 1.29 bits per heavy atom. The van der Waals surface area contributed by atoms with Crippen molar-refractivity contribution in [2.24, 2.45) is 0 Å². The molecule has 120 valence electrons. The normalized spacial score (nSPS) is 18.3. The number of hydrogen-bond donors (Lipinski definition) is 1. The Morgan fingerprint density at radius 3 is 2.52 bits per heavy atom. The lowest BCUT2D eigenvalue weighted by Crippen LogP contribution is -2.47. The van der Waals surface area contributed by atoms with Crippen molar-refractivity contribution in [3.63, 3.8) is 0 Å². The van der Waals surface area contributed by atoms with Gasteiger partial charge in [0.25, 0.3) is 0 Å². The summed E-state index contributed by atoms with van der Waals surface area (Å²) >= 11 is 0. The monoisotopic (exact) mass is 300 g/mol. The predicted molar refractivity (Wildman–Crippen MR) is 75.6 cm³/mol. The molecule has 0 unspecified atom stereocenters. The molecule has 0 aromatic rings. The first-order chi connectivity index (χ1) is 9.74. The van der Waals surface area contributed by atoms with Crippen LogP contribution in [0.2, 0.25) is 0 Å². The molecule has 1 rings (SSSR count). The van der Waals surface area contributed by atoms with Gasteiger partial charge in [-0.15, -0.1) is 0 Å². The molecule has 21 heavy (non-hydrogen) atoms. The number of carbonyl (C=O) groups is 3. The molecule has 0 aliphatic carbocycles. The largest absolute Gasteiger partial charge is 0.469 e. The Morgan fingerprint density at radius 2 is 1.95 bits per heavy atom. The van der Waals surface area contributed by atoms with E-state index >= 15 is 0 Å². The molecule has 7 nitrogen and oxygen atoms in total. The fraction of sp³-hybridized carbons (Fsp3) is 0.786. The number of amides is 2. The van der Waals surface area contributed by atoms with Crippen molar-refractivity contribution in [3.8, 4) is 0 Å². The highest BCUT2D eigenvalue weighted by Gasteiger charge is 2.36. The zero-order valence-electron chi connectivity index (χ0n) is 13.1. The Hall–Kier alpha value is -1.79. The van der Waals surface area contributed by atoms with Crippen LogP contribution in [-0.4, -0.2) is 54.7 Å². The molecule has 0 bridgehead atoms. The van der Waals surface area contributed by atoms with Crippen LogP contribution in [0, 0.1) is 0 Å². The molecule has 1 heterocycles. The minimum absolute atomic E-state index is 0.112. The van der Waals surface area contributed by atoms with Crippen molar-refractivity contribution in [3.05, 3.63) is 0 Å². The molecular formula is C14H24N2O5. The number of nitrogens with zero attached hydrogens (tertiary/aromatic N) is 1. The first kappa shape index (κ1) is 17.3. The summed E-state index contributed by atoms with van der Waals surface area (Å²) in [5.74, 6) is -0.645. The molecular weight excluding hydrogens is 276 g/mol. The van der Waals surface area contributed by atoms with Crippen LogP contribution in [-0.2, 0) is 19.1 Å². The topological polar surface area (TPSA) is 84.9 Å².